The van der Waals surface area contributed by atoms with Crippen molar-refractivity contribution in [1.29, 1.82) is 0 Å². The Kier molecular flexibility index (Phi) is 36.7. The maximum Gasteiger partial charge on any atom is 0.472 e. The van der Waals surface area contributed by atoms with E-state index in [-0.39, 0.29) is 12.8 Å². The molecule has 0 fully saturated rings. The summed E-state index contributed by atoms with van der Waals surface area (Å²) in [5, 5.41) is 19.2. The Morgan fingerprint density at radius 2 is 1.14 bits per heavy atom. The van der Waals surface area contributed by atoms with E-state index in [2.05, 4.69) is 54.8 Å². The number of aliphatic hydroxyl groups excluding tert-OH is 1. The molecule has 4 atom stereocenters. The van der Waals surface area contributed by atoms with Gasteiger partial charge in [0.15, 0.2) is 6.10 Å². The molecule has 0 spiro atoms. The van der Waals surface area contributed by atoms with E-state index in [1.165, 1.54) is 57.8 Å². The fourth-order valence-electron chi connectivity index (χ4n) is 5.40. The monoisotopic (exact) mass is 826 g/mol. The molecular formula is C44H76NO11P. The van der Waals surface area contributed by atoms with E-state index >= 15 is 0 Å². The van der Waals surface area contributed by atoms with Crippen molar-refractivity contribution in [1.82, 2.24) is 0 Å². The van der Waals surface area contributed by atoms with Gasteiger partial charge in [-0.15, -0.1) is 0 Å². The molecule has 0 aliphatic carbocycles. The number of phosphoric acid groups is 1. The van der Waals surface area contributed by atoms with Gasteiger partial charge in [0.05, 0.1) is 19.3 Å². The van der Waals surface area contributed by atoms with Crippen molar-refractivity contribution in [2.24, 2.45) is 5.73 Å². The van der Waals surface area contributed by atoms with Gasteiger partial charge < -0.3 is 30.3 Å². The minimum absolute atomic E-state index is 0.0682. The molecule has 0 saturated carbocycles. The molecular weight excluding hydrogens is 749 g/mol. The molecule has 0 aromatic heterocycles. The minimum Gasteiger partial charge on any atom is -0.480 e. The number of allylic oxidation sites excluding steroid dienone is 9. The summed E-state index contributed by atoms with van der Waals surface area (Å²) in [5.41, 5.74) is 5.32. The van der Waals surface area contributed by atoms with Crippen LogP contribution in [0.25, 0.3) is 0 Å². The molecule has 328 valence electrons. The first-order valence-corrected chi connectivity index (χ1v) is 22.9. The molecule has 0 aromatic rings. The zero-order valence-corrected chi connectivity index (χ0v) is 35.9. The molecule has 0 saturated heterocycles. The number of aliphatic hydroxyl groups is 1. The number of carboxylic acids is 1. The second-order valence-corrected chi connectivity index (χ2v) is 15.8. The Hall–Kier alpha value is -2.86. The average molecular weight is 826 g/mol. The molecule has 0 aromatic carbocycles. The maximum atomic E-state index is 12.6. The zero-order valence-electron chi connectivity index (χ0n) is 35.0. The summed E-state index contributed by atoms with van der Waals surface area (Å²) in [6.07, 6.45) is 40.3. The number of hydrogen-bond acceptors (Lipinski definition) is 10. The number of carbonyl (C=O) groups is 3. The van der Waals surface area contributed by atoms with Crippen LogP contribution in [0.1, 0.15) is 162 Å². The van der Waals surface area contributed by atoms with Gasteiger partial charge in [-0.25, -0.2) is 4.57 Å². The van der Waals surface area contributed by atoms with E-state index in [9.17, 15) is 28.9 Å². The molecule has 2 unspecified atom stereocenters. The van der Waals surface area contributed by atoms with Gasteiger partial charge in [0.25, 0.3) is 0 Å². The summed E-state index contributed by atoms with van der Waals surface area (Å²) in [6, 6.07) is -1.55. The van der Waals surface area contributed by atoms with Gasteiger partial charge in [0, 0.05) is 12.8 Å². The third-order valence-electron chi connectivity index (χ3n) is 8.84. The second-order valence-electron chi connectivity index (χ2n) is 14.3. The lowest BCUT2D eigenvalue weighted by atomic mass is 10.1. The summed E-state index contributed by atoms with van der Waals surface area (Å²) < 4.78 is 32.5. The number of carboxylic acid groups (broad SMARTS) is 1. The van der Waals surface area contributed by atoms with Crippen molar-refractivity contribution in [3.8, 4) is 0 Å². The van der Waals surface area contributed by atoms with Crippen LogP contribution in [0.3, 0.4) is 0 Å². The SMILES string of the molecule is CCCCC/C=C\C/C=C\CCCCCCCC(=O)OC[C@H](COP(=O)(O)OC[C@H](N)C(=O)O)OC(=O)CCCC(O)/C=C/C=C/C/C=C/CCCCCCCC. The smallest absolute Gasteiger partial charge is 0.472 e. The molecule has 13 heteroatoms. The lowest BCUT2D eigenvalue weighted by Crippen LogP contribution is -2.34. The highest BCUT2D eigenvalue weighted by atomic mass is 31.2. The van der Waals surface area contributed by atoms with Gasteiger partial charge >= 0.3 is 25.7 Å². The van der Waals surface area contributed by atoms with Crippen LogP contribution in [0.4, 0.5) is 0 Å². The lowest BCUT2D eigenvalue weighted by molar-refractivity contribution is -0.161. The van der Waals surface area contributed by atoms with Gasteiger partial charge in [-0.05, 0) is 70.6 Å². The second kappa shape index (κ2) is 38.6. The largest absolute Gasteiger partial charge is 0.480 e. The fraction of sp³-hybridized carbons (Fsp3) is 0.705. The van der Waals surface area contributed by atoms with Gasteiger partial charge in [-0.1, -0.05) is 139 Å². The van der Waals surface area contributed by atoms with Crippen LogP contribution in [0.2, 0.25) is 0 Å². The molecule has 0 aliphatic rings. The van der Waals surface area contributed by atoms with E-state index in [4.69, 9.17) is 24.8 Å². The number of ether oxygens (including phenoxy) is 2. The number of aliphatic carboxylic acids is 1. The number of nitrogens with two attached hydrogens (primary N) is 1. The Balaban J connectivity index is 4.60. The Labute approximate surface area is 343 Å². The molecule has 0 rings (SSSR count). The van der Waals surface area contributed by atoms with Crippen LogP contribution < -0.4 is 5.73 Å². The molecule has 0 radical (unpaired) electrons. The molecule has 0 heterocycles. The normalized spacial score (nSPS) is 14.9. The van der Waals surface area contributed by atoms with E-state index in [0.717, 1.165) is 57.8 Å². The van der Waals surface area contributed by atoms with Crippen molar-refractivity contribution >= 4 is 25.7 Å². The van der Waals surface area contributed by atoms with E-state index < -0.39 is 63.8 Å². The molecule has 5 N–H and O–H groups in total. The van der Waals surface area contributed by atoms with Crippen LogP contribution in [-0.2, 0) is 37.5 Å². The first-order valence-electron chi connectivity index (χ1n) is 21.4. The van der Waals surface area contributed by atoms with Crippen molar-refractivity contribution < 1.29 is 52.6 Å². The number of rotatable bonds is 39. The van der Waals surface area contributed by atoms with E-state index in [1.54, 1.807) is 12.2 Å². The van der Waals surface area contributed by atoms with Gasteiger partial charge in [-0.3, -0.25) is 23.4 Å². The van der Waals surface area contributed by atoms with Crippen molar-refractivity contribution in [3.05, 3.63) is 60.8 Å². The topological polar surface area (TPSA) is 192 Å². The van der Waals surface area contributed by atoms with E-state index in [0.29, 0.717) is 19.3 Å². The summed E-state index contributed by atoms with van der Waals surface area (Å²) in [4.78, 5) is 45.9. The zero-order chi connectivity index (χ0) is 42.2. The van der Waals surface area contributed by atoms with Crippen LogP contribution in [-0.4, -0.2) is 71.1 Å². The molecule has 0 bridgehead atoms. The number of hydrogen-bond donors (Lipinski definition) is 4. The minimum atomic E-state index is -4.77. The Morgan fingerprint density at radius 3 is 1.75 bits per heavy atom. The molecule has 57 heavy (non-hydrogen) atoms. The lowest BCUT2D eigenvalue weighted by Gasteiger charge is -2.20. The fourth-order valence-corrected chi connectivity index (χ4v) is 6.17. The number of phosphoric ester groups is 1. The predicted octanol–water partition coefficient (Wildman–Crippen LogP) is 10.1. The van der Waals surface area contributed by atoms with Crippen molar-refractivity contribution in [2.45, 2.75) is 180 Å². The molecule has 0 amide bonds. The number of unbranched alkanes of at least 4 members (excludes halogenated alkanes) is 14. The molecule has 0 aliphatic heterocycles. The van der Waals surface area contributed by atoms with Gasteiger partial charge in [0.1, 0.15) is 12.6 Å². The van der Waals surface area contributed by atoms with Gasteiger partial charge in [-0.2, -0.15) is 0 Å². The third kappa shape index (κ3) is 38.4. The highest BCUT2D eigenvalue weighted by molar-refractivity contribution is 7.47. The quantitative estimate of drug-likeness (QED) is 0.0151. The van der Waals surface area contributed by atoms with Crippen LogP contribution in [0.5, 0.6) is 0 Å². The first kappa shape index (κ1) is 54.1. The molecule has 12 nitrogen and oxygen atoms in total. The third-order valence-corrected chi connectivity index (χ3v) is 9.79. The summed E-state index contributed by atoms with van der Waals surface area (Å²) >= 11 is 0. The van der Waals surface area contributed by atoms with Crippen molar-refractivity contribution in [3.63, 3.8) is 0 Å². The Bertz CT molecular complexity index is 1220. The maximum absolute atomic E-state index is 12.6. The highest BCUT2D eigenvalue weighted by Gasteiger charge is 2.28. The van der Waals surface area contributed by atoms with Gasteiger partial charge in [0.2, 0.25) is 0 Å². The standard InChI is InChI=1S/C44H76NO11P/c1-3-5-7-9-11-13-15-17-18-20-22-24-26-28-30-34-42(47)53-36-40(37-54-57(51,52)55-38-41(45)44(49)50)56-43(48)35-31-33-39(46)32-29-27-25-23-21-19-16-14-12-10-8-6-4-2/h11,13,17-19,21,25,27,29,32,39-41,46H,3-10,12,14-16,20,22-24,26,28,30-31,33-38,45H2,1-2H3,(H,49,50)(H,51,52)/b13-11-,18-17-,21-19+,27-25+,32-29+/t39?,40-,41+/m1/s1. The summed E-state index contributed by atoms with van der Waals surface area (Å²) in [7, 11) is -4.77. The summed E-state index contributed by atoms with van der Waals surface area (Å²) in [5.74, 6) is -2.62. The predicted molar refractivity (Wildman–Crippen MR) is 227 cm³/mol. The highest BCUT2D eigenvalue weighted by Crippen LogP contribution is 2.43. The van der Waals surface area contributed by atoms with Crippen LogP contribution in [0.15, 0.2) is 60.8 Å². The summed E-state index contributed by atoms with van der Waals surface area (Å²) in [6.45, 7) is 2.55. The first-order chi connectivity index (χ1) is 27.5. The number of carbonyl (C=O) groups excluding carboxylic acids is 2. The van der Waals surface area contributed by atoms with Crippen LogP contribution >= 0.6 is 7.82 Å². The average Bonchev–Trinajstić information content (AvgIpc) is 3.18. The Morgan fingerprint density at radius 1 is 0.632 bits per heavy atom. The van der Waals surface area contributed by atoms with E-state index in [1.807, 2.05) is 12.2 Å². The number of esters is 2. The van der Waals surface area contributed by atoms with Crippen molar-refractivity contribution in [2.75, 3.05) is 19.8 Å². The van der Waals surface area contributed by atoms with Crippen LogP contribution in [0, 0.1) is 0 Å².